The first kappa shape index (κ1) is 13.3. The topological polar surface area (TPSA) is 75.4 Å². The number of rotatable bonds is 4. The van der Waals surface area contributed by atoms with Crippen LogP contribution in [0.2, 0.25) is 0 Å². The fourth-order valence-electron chi connectivity index (χ4n) is 1.92. The fourth-order valence-corrected chi connectivity index (χ4v) is 2.97. The van der Waals surface area contributed by atoms with Gasteiger partial charge in [0.05, 0.1) is 10.5 Å². The number of nitrogens with zero attached hydrogens (tertiary/aromatic N) is 1. The first-order chi connectivity index (χ1) is 8.59. The Bertz CT molecular complexity index is 416. The molecule has 0 spiro atoms. The number of benzene rings is 1. The number of aliphatic hydroxyl groups is 1. The van der Waals surface area contributed by atoms with E-state index in [0.717, 1.165) is 30.8 Å². The second-order valence-electron chi connectivity index (χ2n) is 4.51. The molecule has 1 saturated heterocycles. The molecule has 18 heavy (non-hydrogen) atoms. The Balaban J connectivity index is 1.91. The first-order valence-corrected chi connectivity index (χ1v) is 6.88. The van der Waals surface area contributed by atoms with Crippen molar-refractivity contribution in [2.75, 3.05) is 18.8 Å². The van der Waals surface area contributed by atoms with Crippen LogP contribution in [0.25, 0.3) is 0 Å². The summed E-state index contributed by atoms with van der Waals surface area (Å²) in [6.45, 7) is 1.69. The maximum Gasteiger partial charge on any atom is 0.269 e. The standard InChI is InChI=1S/C12H16N2O3S/c15-12(5-7-13-8-6-12)9-18-11-3-1-10(2-4-11)14(16)17/h1-4,13,15H,5-9H2. The van der Waals surface area contributed by atoms with Crippen molar-refractivity contribution in [1.82, 2.24) is 5.32 Å². The van der Waals surface area contributed by atoms with Crippen LogP contribution in [-0.2, 0) is 0 Å². The molecule has 1 aliphatic heterocycles. The molecular formula is C12H16N2O3S. The molecule has 1 fully saturated rings. The molecule has 0 bridgehead atoms. The number of hydrogen-bond acceptors (Lipinski definition) is 5. The lowest BCUT2D eigenvalue weighted by Gasteiger charge is -2.32. The van der Waals surface area contributed by atoms with Gasteiger partial charge in [0.25, 0.3) is 5.69 Å². The zero-order valence-corrected chi connectivity index (χ0v) is 10.8. The van der Waals surface area contributed by atoms with Crippen molar-refractivity contribution >= 4 is 17.4 Å². The Hall–Kier alpha value is -1.11. The van der Waals surface area contributed by atoms with Crippen LogP contribution in [0.3, 0.4) is 0 Å². The van der Waals surface area contributed by atoms with Gasteiger partial charge in [0.1, 0.15) is 0 Å². The number of nitro groups is 1. The van der Waals surface area contributed by atoms with E-state index in [1.807, 2.05) is 0 Å². The highest BCUT2D eigenvalue weighted by atomic mass is 32.2. The predicted octanol–water partition coefficient (Wildman–Crippen LogP) is 1.80. The van der Waals surface area contributed by atoms with Crippen LogP contribution in [0.1, 0.15) is 12.8 Å². The number of piperidine rings is 1. The fraction of sp³-hybridized carbons (Fsp3) is 0.500. The molecule has 6 heteroatoms. The highest BCUT2D eigenvalue weighted by Gasteiger charge is 2.28. The van der Waals surface area contributed by atoms with Gasteiger partial charge in [-0.25, -0.2) is 0 Å². The normalized spacial score (nSPS) is 18.5. The summed E-state index contributed by atoms with van der Waals surface area (Å²) < 4.78 is 0. The number of hydrogen-bond donors (Lipinski definition) is 2. The number of thioether (sulfide) groups is 1. The molecule has 1 aliphatic rings. The lowest BCUT2D eigenvalue weighted by molar-refractivity contribution is -0.384. The predicted molar refractivity (Wildman–Crippen MR) is 70.9 cm³/mol. The van der Waals surface area contributed by atoms with Gasteiger partial charge in [-0.2, -0.15) is 0 Å². The minimum Gasteiger partial charge on any atom is -0.389 e. The number of nitro benzene ring substituents is 1. The second-order valence-corrected chi connectivity index (χ2v) is 5.56. The monoisotopic (exact) mass is 268 g/mol. The van der Waals surface area contributed by atoms with Gasteiger partial charge in [0.15, 0.2) is 0 Å². The summed E-state index contributed by atoms with van der Waals surface area (Å²) in [6, 6.07) is 6.45. The van der Waals surface area contributed by atoms with E-state index >= 15 is 0 Å². The average molecular weight is 268 g/mol. The van der Waals surface area contributed by atoms with Crippen LogP contribution in [0.4, 0.5) is 5.69 Å². The van der Waals surface area contributed by atoms with Crippen LogP contribution in [0.5, 0.6) is 0 Å². The quantitative estimate of drug-likeness (QED) is 0.495. The molecule has 0 unspecified atom stereocenters. The lowest BCUT2D eigenvalue weighted by Crippen LogP contribution is -2.43. The zero-order valence-electron chi connectivity index (χ0n) is 9.96. The summed E-state index contributed by atoms with van der Waals surface area (Å²) in [5.41, 5.74) is -0.516. The molecule has 0 amide bonds. The van der Waals surface area contributed by atoms with Crippen molar-refractivity contribution in [1.29, 1.82) is 0 Å². The Kier molecular flexibility index (Phi) is 4.21. The minimum absolute atomic E-state index is 0.0972. The van der Waals surface area contributed by atoms with E-state index in [4.69, 9.17) is 0 Å². The molecule has 0 radical (unpaired) electrons. The third-order valence-corrected chi connectivity index (χ3v) is 4.38. The highest BCUT2D eigenvalue weighted by molar-refractivity contribution is 7.99. The third-order valence-electron chi connectivity index (χ3n) is 3.09. The second kappa shape index (κ2) is 5.69. The van der Waals surface area contributed by atoms with Gasteiger partial charge in [-0.05, 0) is 38.1 Å². The molecule has 1 aromatic rings. The van der Waals surface area contributed by atoms with E-state index in [1.54, 1.807) is 23.9 Å². The van der Waals surface area contributed by atoms with Gasteiger partial charge in [-0.1, -0.05) is 0 Å². The maximum absolute atomic E-state index is 10.5. The smallest absolute Gasteiger partial charge is 0.269 e. The first-order valence-electron chi connectivity index (χ1n) is 5.89. The highest BCUT2D eigenvalue weighted by Crippen LogP contribution is 2.29. The molecule has 98 valence electrons. The van der Waals surface area contributed by atoms with Gasteiger partial charge in [0.2, 0.25) is 0 Å². The Morgan fingerprint density at radius 3 is 2.50 bits per heavy atom. The lowest BCUT2D eigenvalue weighted by atomic mass is 9.95. The zero-order chi connectivity index (χ0) is 13.0. The molecule has 2 rings (SSSR count). The Morgan fingerprint density at radius 1 is 1.33 bits per heavy atom. The molecule has 0 saturated carbocycles. The van der Waals surface area contributed by atoms with Crippen molar-refractivity contribution < 1.29 is 10.0 Å². The molecule has 2 N–H and O–H groups in total. The van der Waals surface area contributed by atoms with Crippen LogP contribution in [0.15, 0.2) is 29.2 Å². The summed E-state index contributed by atoms with van der Waals surface area (Å²) in [7, 11) is 0. The van der Waals surface area contributed by atoms with E-state index in [-0.39, 0.29) is 5.69 Å². The van der Waals surface area contributed by atoms with Gasteiger partial charge in [0, 0.05) is 22.8 Å². The molecule has 1 heterocycles. The van der Waals surface area contributed by atoms with Crippen molar-refractivity contribution in [3.05, 3.63) is 34.4 Å². The largest absolute Gasteiger partial charge is 0.389 e. The van der Waals surface area contributed by atoms with Gasteiger partial charge in [-0.3, -0.25) is 10.1 Å². The van der Waals surface area contributed by atoms with Crippen molar-refractivity contribution in [3.8, 4) is 0 Å². The average Bonchev–Trinajstić information content (AvgIpc) is 2.38. The third kappa shape index (κ3) is 3.44. The van der Waals surface area contributed by atoms with Crippen LogP contribution in [0, 0.1) is 10.1 Å². The number of non-ortho nitro benzene ring substituents is 1. The molecule has 1 aromatic carbocycles. The summed E-state index contributed by atoms with van der Waals surface area (Å²) in [4.78, 5) is 11.1. The summed E-state index contributed by atoms with van der Waals surface area (Å²) in [6.07, 6.45) is 1.51. The molecule has 0 atom stereocenters. The summed E-state index contributed by atoms with van der Waals surface area (Å²) in [5, 5.41) is 24.0. The van der Waals surface area contributed by atoms with Gasteiger partial charge in [-0.15, -0.1) is 11.8 Å². The van der Waals surface area contributed by atoms with E-state index in [0.29, 0.717) is 5.75 Å². The summed E-state index contributed by atoms with van der Waals surface area (Å²) >= 11 is 1.55. The van der Waals surface area contributed by atoms with Crippen LogP contribution >= 0.6 is 11.8 Å². The Labute approximate surface area is 110 Å². The maximum atomic E-state index is 10.5. The van der Waals surface area contributed by atoms with Crippen LogP contribution in [-0.4, -0.2) is 34.5 Å². The molecule has 0 aromatic heterocycles. The van der Waals surface area contributed by atoms with E-state index < -0.39 is 10.5 Å². The van der Waals surface area contributed by atoms with E-state index in [9.17, 15) is 15.2 Å². The SMILES string of the molecule is O=[N+]([O-])c1ccc(SCC2(O)CCNCC2)cc1. The van der Waals surface area contributed by atoms with Crippen molar-refractivity contribution in [2.24, 2.45) is 0 Å². The summed E-state index contributed by atoms with van der Waals surface area (Å²) in [5.74, 6) is 0.631. The Morgan fingerprint density at radius 2 is 1.94 bits per heavy atom. The van der Waals surface area contributed by atoms with Crippen LogP contribution < -0.4 is 5.32 Å². The van der Waals surface area contributed by atoms with Crippen molar-refractivity contribution in [2.45, 2.75) is 23.3 Å². The minimum atomic E-state index is -0.613. The van der Waals surface area contributed by atoms with E-state index in [2.05, 4.69) is 5.32 Å². The van der Waals surface area contributed by atoms with E-state index in [1.165, 1.54) is 12.1 Å². The number of nitrogens with one attached hydrogen (secondary N) is 1. The van der Waals surface area contributed by atoms with Gasteiger partial charge >= 0.3 is 0 Å². The molecular weight excluding hydrogens is 252 g/mol. The van der Waals surface area contributed by atoms with Crippen molar-refractivity contribution in [3.63, 3.8) is 0 Å². The molecule has 0 aliphatic carbocycles. The molecule has 5 nitrogen and oxygen atoms in total. The van der Waals surface area contributed by atoms with Gasteiger partial charge < -0.3 is 10.4 Å².